The van der Waals surface area contributed by atoms with E-state index in [2.05, 4.69) is 6.92 Å². The predicted octanol–water partition coefficient (Wildman–Crippen LogP) is 3.52. The number of carbonyl (C=O) groups excluding carboxylic acids is 1. The quantitative estimate of drug-likeness (QED) is 0.560. The van der Waals surface area contributed by atoms with Gasteiger partial charge in [0.05, 0.1) is 18.6 Å². The molecule has 0 fully saturated rings. The van der Waals surface area contributed by atoms with E-state index in [1.165, 1.54) is 11.8 Å². The molecule has 0 aliphatic rings. The molecule has 100 valence electrons. The third-order valence-electron chi connectivity index (χ3n) is 2.44. The van der Waals surface area contributed by atoms with Crippen molar-refractivity contribution in [2.45, 2.75) is 36.8 Å². The number of hydrogen-bond acceptors (Lipinski definition) is 4. The van der Waals surface area contributed by atoms with Crippen LogP contribution in [0, 0.1) is 0 Å². The van der Waals surface area contributed by atoms with Crippen molar-refractivity contribution in [2.24, 2.45) is 0 Å². The molecule has 1 aromatic rings. The van der Waals surface area contributed by atoms with Gasteiger partial charge < -0.3 is 9.47 Å². The molecule has 1 rings (SSSR count). The number of benzene rings is 1. The van der Waals surface area contributed by atoms with Crippen LogP contribution in [0.1, 0.15) is 26.7 Å². The maximum atomic E-state index is 11.9. The molecule has 0 heterocycles. The Kier molecular flexibility index (Phi) is 6.65. The molecular weight excluding hydrogens is 248 g/mol. The van der Waals surface area contributed by atoms with Gasteiger partial charge in [0.1, 0.15) is 11.0 Å². The lowest BCUT2D eigenvalue weighted by Crippen LogP contribution is -2.20. The molecule has 0 amide bonds. The molecular formula is C14H20O3S. The number of para-hydroxylation sites is 1. The molecule has 0 saturated carbocycles. The van der Waals surface area contributed by atoms with Gasteiger partial charge in [-0.25, -0.2) is 0 Å². The minimum atomic E-state index is -0.161. The van der Waals surface area contributed by atoms with Crippen LogP contribution in [0.25, 0.3) is 0 Å². The van der Waals surface area contributed by atoms with Crippen molar-refractivity contribution in [3.05, 3.63) is 24.3 Å². The van der Waals surface area contributed by atoms with Gasteiger partial charge in [0.25, 0.3) is 0 Å². The van der Waals surface area contributed by atoms with Gasteiger partial charge in [-0.1, -0.05) is 25.5 Å². The van der Waals surface area contributed by atoms with Crippen LogP contribution in [-0.4, -0.2) is 24.9 Å². The largest absolute Gasteiger partial charge is 0.496 e. The summed E-state index contributed by atoms with van der Waals surface area (Å²) in [6, 6.07) is 7.73. The van der Waals surface area contributed by atoms with E-state index in [1.807, 2.05) is 31.2 Å². The van der Waals surface area contributed by atoms with E-state index in [-0.39, 0.29) is 11.2 Å². The number of methoxy groups -OCH3 is 1. The summed E-state index contributed by atoms with van der Waals surface area (Å²) < 4.78 is 10.4. The SMILES string of the molecule is CCCC(Sc1ccccc1OC)C(=O)OCC. The Morgan fingerprint density at radius 1 is 1.33 bits per heavy atom. The van der Waals surface area contributed by atoms with Gasteiger partial charge in [-0.15, -0.1) is 11.8 Å². The topological polar surface area (TPSA) is 35.5 Å². The Morgan fingerprint density at radius 2 is 2.06 bits per heavy atom. The van der Waals surface area contributed by atoms with Gasteiger partial charge in [0.2, 0.25) is 0 Å². The lowest BCUT2D eigenvalue weighted by atomic mass is 10.2. The summed E-state index contributed by atoms with van der Waals surface area (Å²) in [5.41, 5.74) is 0. The van der Waals surface area contributed by atoms with Gasteiger partial charge in [-0.3, -0.25) is 4.79 Å². The zero-order valence-electron chi connectivity index (χ0n) is 11.1. The van der Waals surface area contributed by atoms with E-state index in [9.17, 15) is 4.79 Å². The zero-order valence-corrected chi connectivity index (χ0v) is 12.0. The molecule has 3 nitrogen and oxygen atoms in total. The summed E-state index contributed by atoms with van der Waals surface area (Å²) in [5.74, 6) is 0.656. The Morgan fingerprint density at radius 3 is 2.67 bits per heavy atom. The maximum absolute atomic E-state index is 11.9. The molecule has 0 spiro atoms. The fourth-order valence-electron chi connectivity index (χ4n) is 1.59. The molecule has 1 unspecified atom stereocenters. The van der Waals surface area contributed by atoms with Crippen LogP contribution in [0.3, 0.4) is 0 Å². The van der Waals surface area contributed by atoms with Crippen molar-refractivity contribution in [2.75, 3.05) is 13.7 Å². The number of ether oxygens (including phenoxy) is 2. The van der Waals surface area contributed by atoms with E-state index in [0.29, 0.717) is 6.61 Å². The average Bonchev–Trinajstić information content (AvgIpc) is 2.39. The molecule has 1 aromatic carbocycles. The molecule has 0 aromatic heterocycles. The predicted molar refractivity (Wildman–Crippen MR) is 74.2 cm³/mol. The molecule has 0 radical (unpaired) electrons. The van der Waals surface area contributed by atoms with Crippen molar-refractivity contribution in [1.82, 2.24) is 0 Å². The normalized spacial score (nSPS) is 11.9. The van der Waals surface area contributed by atoms with Crippen LogP contribution >= 0.6 is 11.8 Å². The highest BCUT2D eigenvalue weighted by Gasteiger charge is 2.21. The Hall–Kier alpha value is -1.16. The summed E-state index contributed by atoms with van der Waals surface area (Å²) >= 11 is 1.51. The number of thioether (sulfide) groups is 1. The summed E-state index contributed by atoms with van der Waals surface area (Å²) in [4.78, 5) is 12.8. The molecule has 0 N–H and O–H groups in total. The van der Waals surface area contributed by atoms with E-state index in [4.69, 9.17) is 9.47 Å². The van der Waals surface area contributed by atoms with Gasteiger partial charge >= 0.3 is 5.97 Å². The molecule has 0 aliphatic heterocycles. The van der Waals surface area contributed by atoms with Crippen molar-refractivity contribution < 1.29 is 14.3 Å². The monoisotopic (exact) mass is 268 g/mol. The average molecular weight is 268 g/mol. The lowest BCUT2D eigenvalue weighted by molar-refractivity contribution is -0.142. The third kappa shape index (κ3) is 4.26. The van der Waals surface area contributed by atoms with E-state index < -0.39 is 0 Å². The Balaban J connectivity index is 2.79. The second-order valence-corrected chi connectivity index (χ2v) is 5.04. The molecule has 0 saturated heterocycles. The first-order chi connectivity index (χ1) is 8.72. The molecule has 0 aliphatic carbocycles. The second kappa shape index (κ2) is 8.03. The summed E-state index contributed by atoms with van der Waals surface area (Å²) in [6.07, 6.45) is 1.76. The number of carbonyl (C=O) groups is 1. The number of rotatable bonds is 7. The fourth-order valence-corrected chi connectivity index (χ4v) is 2.84. The maximum Gasteiger partial charge on any atom is 0.319 e. The Labute approximate surface area is 113 Å². The molecule has 1 atom stereocenters. The summed E-state index contributed by atoms with van der Waals surface area (Å²) in [7, 11) is 1.64. The second-order valence-electron chi connectivity index (χ2n) is 3.80. The highest BCUT2D eigenvalue weighted by molar-refractivity contribution is 8.00. The van der Waals surface area contributed by atoms with Gasteiger partial charge in [0, 0.05) is 0 Å². The number of esters is 1. The molecule has 0 bridgehead atoms. The van der Waals surface area contributed by atoms with Crippen molar-refractivity contribution in [3.8, 4) is 5.75 Å². The van der Waals surface area contributed by atoms with Crippen LogP contribution in [0.15, 0.2) is 29.2 Å². The van der Waals surface area contributed by atoms with Crippen molar-refractivity contribution in [3.63, 3.8) is 0 Å². The van der Waals surface area contributed by atoms with Gasteiger partial charge in [0.15, 0.2) is 0 Å². The lowest BCUT2D eigenvalue weighted by Gasteiger charge is -2.15. The number of hydrogen-bond donors (Lipinski definition) is 0. The first-order valence-electron chi connectivity index (χ1n) is 6.19. The van der Waals surface area contributed by atoms with Crippen molar-refractivity contribution >= 4 is 17.7 Å². The highest BCUT2D eigenvalue weighted by atomic mass is 32.2. The third-order valence-corrected chi connectivity index (χ3v) is 3.74. The molecule has 18 heavy (non-hydrogen) atoms. The van der Waals surface area contributed by atoms with Crippen LogP contribution in [0.2, 0.25) is 0 Å². The van der Waals surface area contributed by atoms with E-state index in [0.717, 1.165) is 23.5 Å². The van der Waals surface area contributed by atoms with E-state index >= 15 is 0 Å². The van der Waals surface area contributed by atoms with Gasteiger partial charge in [-0.05, 0) is 25.5 Å². The van der Waals surface area contributed by atoms with Crippen LogP contribution in [0.5, 0.6) is 5.75 Å². The Bertz CT molecular complexity index is 379. The summed E-state index contributed by atoms with van der Waals surface area (Å²) in [5, 5.41) is -0.161. The van der Waals surface area contributed by atoms with Crippen molar-refractivity contribution in [1.29, 1.82) is 0 Å². The fraction of sp³-hybridized carbons (Fsp3) is 0.500. The highest BCUT2D eigenvalue weighted by Crippen LogP contribution is 2.34. The molecule has 4 heteroatoms. The smallest absolute Gasteiger partial charge is 0.319 e. The minimum absolute atomic E-state index is 0.143. The minimum Gasteiger partial charge on any atom is -0.496 e. The zero-order chi connectivity index (χ0) is 13.4. The van der Waals surface area contributed by atoms with Crippen LogP contribution < -0.4 is 4.74 Å². The van der Waals surface area contributed by atoms with Gasteiger partial charge in [-0.2, -0.15) is 0 Å². The van der Waals surface area contributed by atoms with E-state index in [1.54, 1.807) is 7.11 Å². The standard InChI is InChI=1S/C14H20O3S/c1-4-8-13(14(15)17-5-2)18-12-10-7-6-9-11(12)16-3/h6-7,9-10,13H,4-5,8H2,1-3H3. The first-order valence-corrected chi connectivity index (χ1v) is 7.07. The summed E-state index contributed by atoms with van der Waals surface area (Å²) in [6.45, 7) is 4.31. The van der Waals surface area contributed by atoms with Crippen LogP contribution in [-0.2, 0) is 9.53 Å². The first kappa shape index (κ1) is 14.9. The van der Waals surface area contributed by atoms with Crippen LogP contribution in [0.4, 0.5) is 0 Å².